The third kappa shape index (κ3) is 3.15. The van der Waals surface area contributed by atoms with Crippen LogP contribution in [0.3, 0.4) is 0 Å². The highest BCUT2D eigenvalue weighted by atomic mass is 16.5. The first-order chi connectivity index (χ1) is 8.81. The first-order valence-corrected chi connectivity index (χ1v) is 6.07. The number of hydrogen-bond acceptors (Lipinski definition) is 4. The molecule has 5 heteroatoms. The second-order valence-electron chi connectivity index (χ2n) is 3.89. The van der Waals surface area contributed by atoms with Crippen molar-refractivity contribution in [1.82, 2.24) is 14.7 Å². The molecule has 0 aliphatic carbocycles. The third-order valence-corrected chi connectivity index (χ3v) is 2.56. The van der Waals surface area contributed by atoms with Gasteiger partial charge in [-0.1, -0.05) is 6.07 Å². The van der Waals surface area contributed by atoms with Crippen molar-refractivity contribution in [3.05, 3.63) is 46.5 Å². The zero-order chi connectivity index (χ0) is 12.8. The van der Waals surface area contributed by atoms with Crippen LogP contribution in [0, 0.1) is 0 Å². The van der Waals surface area contributed by atoms with Crippen LogP contribution in [0.25, 0.3) is 5.65 Å². The largest absolute Gasteiger partial charge is 0.380 e. The van der Waals surface area contributed by atoms with E-state index >= 15 is 0 Å². The Morgan fingerprint density at radius 1 is 1.44 bits per heavy atom. The van der Waals surface area contributed by atoms with Gasteiger partial charge in [0.2, 0.25) is 0 Å². The van der Waals surface area contributed by atoms with Crippen molar-refractivity contribution in [1.29, 1.82) is 0 Å². The molecule has 0 radical (unpaired) electrons. The molecule has 0 aliphatic rings. The van der Waals surface area contributed by atoms with Crippen molar-refractivity contribution in [2.45, 2.75) is 13.5 Å². The summed E-state index contributed by atoms with van der Waals surface area (Å²) < 4.78 is 6.75. The molecule has 0 bridgehead atoms. The van der Waals surface area contributed by atoms with Gasteiger partial charge in [-0.05, 0) is 19.1 Å². The minimum Gasteiger partial charge on any atom is -0.380 e. The van der Waals surface area contributed by atoms with E-state index in [1.54, 1.807) is 12.3 Å². The monoisotopic (exact) mass is 247 g/mol. The Labute approximate surface area is 105 Å². The number of nitrogens with one attached hydrogen (secondary N) is 1. The zero-order valence-electron chi connectivity index (χ0n) is 10.4. The van der Waals surface area contributed by atoms with Crippen molar-refractivity contribution < 1.29 is 4.74 Å². The van der Waals surface area contributed by atoms with Gasteiger partial charge in [-0.15, -0.1) is 0 Å². The average molecular weight is 247 g/mol. The lowest BCUT2D eigenvalue weighted by Crippen LogP contribution is -2.22. The topological polar surface area (TPSA) is 55.6 Å². The second-order valence-corrected chi connectivity index (χ2v) is 3.89. The van der Waals surface area contributed by atoms with Crippen LogP contribution in [-0.4, -0.2) is 29.1 Å². The number of aromatic nitrogens is 2. The third-order valence-electron chi connectivity index (χ3n) is 2.56. The first kappa shape index (κ1) is 12.7. The molecule has 0 saturated heterocycles. The van der Waals surface area contributed by atoms with Crippen LogP contribution in [0.4, 0.5) is 0 Å². The van der Waals surface area contributed by atoms with Crippen molar-refractivity contribution in [2.24, 2.45) is 0 Å². The molecule has 0 atom stereocenters. The van der Waals surface area contributed by atoms with E-state index in [2.05, 4.69) is 10.3 Å². The quantitative estimate of drug-likeness (QED) is 0.768. The Balaban J connectivity index is 2.03. The zero-order valence-corrected chi connectivity index (χ0v) is 10.4. The minimum absolute atomic E-state index is 0.0535. The number of hydrogen-bond donors (Lipinski definition) is 1. The molecule has 0 fully saturated rings. The fourth-order valence-electron chi connectivity index (χ4n) is 1.70. The molecule has 0 unspecified atom stereocenters. The van der Waals surface area contributed by atoms with Crippen LogP contribution < -0.4 is 10.9 Å². The number of ether oxygens (including phenoxy) is 1. The molecule has 2 rings (SSSR count). The van der Waals surface area contributed by atoms with Crippen molar-refractivity contribution in [3.8, 4) is 0 Å². The maximum Gasteiger partial charge on any atom is 0.258 e. The molecule has 0 aliphatic heterocycles. The van der Waals surface area contributed by atoms with E-state index in [4.69, 9.17) is 4.74 Å². The second kappa shape index (κ2) is 6.28. The van der Waals surface area contributed by atoms with E-state index in [1.807, 2.05) is 25.1 Å². The lowest BCUT2D eigenvalue weighted by molar-refractivity contribution is 0.149. The van der Waals surface area contributed by atoms with E-state index in [-0.39, 0.29) is 5.56 Å². The van der Waals surface area contributed by atoms with E-state index in [9.17, 15) is 4.79 Å². The summed E-state index contributed by atoms with van der Waals surface area (Å²) in [5.41, 5.74) is 1.37. The van der Waals surface area contributed by atoms with Crippen LogP contribution in [0.15, 0.2) is 35.3 Å². The molecule has 0 amide bonds. The number of nitrogens with zero attached hydrogens (tertiary/aromatic N) is 2. The van der Waals surface area contributed by atoms with Gasteiger partial charge in [-0.25, -0.2) is 4.98 Å². The Morgan fingerprint density at radius 2 is 2.33 bits per heavy atom. The standard InChI is InChI=1S/C13H17N3O2/c1-2-18-8-6-14-10-11-9-13(17)16-7-4-3-5-12(16)15-11/h3-5,7,9,14H,2,6,8,10H2,1H3. The molecule has 0 spiro atoms. The molecule has 96 valence electrons. The van der Waals surface area contributed by atoms with Crippen molar-refractivity contribution >= 4 is 5.65 Å². The predicted molar refractivity (Wildman–Crippen MR) is 69.7 cm³/mol. The maximum atomic E-state index is 11.8. The summed E-state index contributed by atoms with van der Waals surface area (Å²) in [7, 11) is 0. The fraction of sp³-hybridized carbons (Fsp3) is 0.385. The van der Waals surface area contributed by atoms with Crippen LogP contribution in [0.2, 0.25) is 0 Å². The Morgan fingerprint density at radius 3 is 3.17 bits per heavy atom. The Hall–Kier alpha value is -1.72. The molecule has 2 aromatic rings. The lowest BCUT2D eigenvalue weighted by Gasteiger charge is -2.05. The Kier molecular flexibility index (Phi) is 4.44. The normalized spacial score (nSPS) is 10.9. The van der Waals surface area contributed by atoms with Crippen molar-refractivity contribution in [2.75, 3.05) is 19.8 Å². The molecule has 0 aromatic carbocycles. The fourth-order valence-corrected chi connectivity index (χ4v) is 1.70. The van der Waals surface area contributed by atoms with Gasteiger partial charge in [0.1, 0.15) is 5.65 Å². The molecule has 0 saturated carbocycles. The van der Waals surface area contributed by atoms with Crippen LogP contribution in [-0.2, 0) is 11.3 Å². The van der Waals surface area contributed by atoms with Crippen LogP contribution in [0.1, 0.15) is 12.6 Å². The summed E-state index contributed by atoms with van der Waals surface area (Å²) in [5.74, 6) is 0. The summed E-state index contributed by atoms with van der Waals surface area (Å²) in [6, 6.07) is 7.07. The summed E-state index contributed by atoms with van der Waals surface area (Å²) >= 11 is 0. The van der Waals surface area contributed by atoms with Crippen molar-refractivity contribution in [3.63, 3.8) is 0 Å². The van der Waals surface area contributed by atoms with E-state index in [0.29, 0.717) is 18.8 Å². The highest BCUT2D eigenvalue weighted by molar-refractivity contribution is 5.37. The highest BCUT2D eigenvalue weighted by Crippen LogP contribution is 1.98. The smallest absolute Gasteiger partial charge is 0.258 e. The molecule has 18 heavy (non-hydrogen) atoms. The molecular weight excluding hydrogens is 230 g/mol. The van der Waals surface area contributed by atoms with Gasteiger partial charge in [0.15, 0.2) is 0 Å². The highest BCUT2D eigenvalue weighted by Gasteiger charge is 2.00. The van der Waals surface area contributed by atoms with Gasteiger partial charge in [0, 0.05) is 32.0 Å². The van der Waals surface area contributed by atoms with Gasteiger partial charge < -0.3 is 10.1 Å². The SMILES string of the molecule is CCOCCNCc1cc(=O)n2ccccc2n1. The van der Waals surface area contributed by atoms with E-state index in [1.165, 1.54) is 4.40 Å². The summed E-state index contributed by atoms with van der Waals surface area (Å²) in [6.07, 6.45) is 1.72. The summed E-state index contributed by atoms with van der Waals surface area (Å²) in [6.45, 7) is 4.68. The first-order valence-electron chi connectivity index (χ1n) is 6.07. The van der Waals surface area contributed by atoms with Crippen LogP contribution >= 0.6 is 0 Å². The lowest BCUT2D eigenvalue weighted by atomic mass is 10.3. The van der Waals surface area contributed by atoms with Gasteiger partial charge in [-0.2, -0.15) is 0 Å². The predicted octanol–water partition coefficient (Wildman–Crippen LogP) is 0.821. The van der Waals surface area contributed by atoms with Crippen LogP contribution in [0.5, 0.6) is 0 Å². The average Bonchev–Trinajstić information content (AvgIpc) is 2.39. The van der Waals surface area contributed by atoms with E-state index in [0.717, 1.165) is 18.8 Å². The van der Waals surface area contributed by atoms with Gasteiger partial charge in [0.25, 0.3) is 5.56 Å². The van der Waals surface area contributed by atoms with Gasteiger partial charge in [-0.3, -0.25) is 9.20 Å². The number of pyridine rings is 1. The Bertz CT molecular complexity index is 565. The summed E-state index contributed by atoms with van der Waals surface area (Å²) in [5, 5.41) is 3.19. The summed E-state index contributed by atoms with van der Waals surface area (Å²) in [4.78, 5) is 16.2. The van der Waals surface area contributed by atoms with Gasteiger partial charge in [0.05, 0.1) is 12.3 Å². The van der Waals surface area contributed by atoms with Gasteiger partial charge >= 0.3 is 0 Å². The number of fused-ring (bicyclic) bond motifs is 1. The molecule has 2 aromatic heterocycles. The minimum atomic E-state index is -0.0535. The maximum absolute atomic E-state index is 11.8. The molecule has 5 nitrogen and oxygen atoms in total. The molecular formula is C13H17N3O2. The number of rotatable bonds is 6. The molecule has 1 N–H and O–H groups in total. The molecule has 2 heterocycles. The van der Waals surface area contributed by atoms with E-state index < -0.39 is 0 Å².